The molecule has 0 saturated heterocycles. The Hall–Kier alpha value is -3.45. The predicted octanol–water partition coefficient (Wildman–Crippen LogP) is 4.91. The van der Waals surface area contributed by atoms with Crippen molar-refractivity contribution < 1.29 is 14.6 Å². The van der Waals surface area contributed by atoms with E-state index in [1.165, 1.54) is 29.6 Å². The van der Waals surface area contributed by atoms with Crippen LogP contribution in [0.5, 0.6) is 0 Å². The Morgan fingerprint density at radius 1 is 1.19 bits per heavy atom. The molecular weight excluding hydrogens is 410 g/mol. The Balaban J connectivity index is 1.55. The summed E-state index contributed by atoms with van der Waals surface area (Å²) in [5, 5.41) is 21.8. The molecule has 6 nitrogen and oxygen atoms in total. The van der Waals surface area contributed by atoms with E-state index in [2.05, 4.69) is 26.0 Å². The summed E-state index contributed by atoms with van der Waals surface area (Å²) < 4.78 is 4.70. The quantitative estimate of drug-likeness (QED) is 0.559. The summed E-state index contributed by atoms with van der Waals surface area (Å²) in [5.74, 6) is 0.0374. The van der Waals surface area contributed by atoms with Gasteiger partial charge in [0.15, 0.2) is 0 Å². The van der Waals surface area contributed by atoms with Crippen molar-refractivity contribution in [3.05, 3.63) is 75.3 Å². The van der Waals surface area contributed by atoms with Crippen molar-refractivity contribution in [3.63, 3.8) is 0 Å². The van der Waals surface area contributed by atoms with Gasteiger partial charge in [0.1, 0.15) is 16.6 Å². The summed E-state index contributed by atoms with van der Waals surface area (Å²) >= 11 is 1.42. The van der Waals surface area contributed by atoms with Crippen LogP contribution in [0.4, 0.5) is 5.69 Å². The fourth-order valence-corrected chi connectivity index (χ4v) is 4.37. The summed E-state index contributed by atoms with van der Waals surface area (Å²) in [6, 6.07) is 13.5. The molecule has 3 aromatic rings. The molecule has 1 aliphatic heterocycles. The van der Waals surface area contributed by atoms with Gasteiger partial charge in [-0.1, -0.05) is 24.3 Å². The lowest BCUT2D eigenvalue weighted by molar-refractivity contribution is -0.139. The molecule has 31 heavy (non-hydrogen) atoms. The number of aliphatic hydroxyl groups excluding tert-OH is 1. The van der Waals surface area contributed by atoms with E-state index in [1.807, 2.05) is 35.7 Å². The Labute approximate surface area is 185 Å². The van der Waals surface area contributed by atoms with Crippen LogP contribution in [-0.4, -0.2) is 35.5 Å². The second-order valence-corrected chi connectivity index (χ2v) is 8.37. The van der Waals surface area contributed by atoms with E-state index in [9.17, 15) is 9.90 Å². The molecule has 2 aromatic carbocycles. The molecule has 0 amide bonds. The van der Waals surface area contributed by atoms with Crippen LogP contribution in [0.15, 0.2) is 53.6 Å². The first-order valence-electron chi connectivity index (χ1n) is 9.85. The summed E-state index contributed by atoms with van der Waals surface area (Å²) in [4.78, 5) is 17.9. The van der Waals surface area contributed by atoms with Crippen molar-refractivity contribution in [2.45, 2.75) is 20.3 Å². The number of thiazole rings is 1. The third-order valence-electron chi connectivity index (χ3n) is 5.45. The number of amidine groups is 1. The minimum absolute atomic E-state index is 0.129. The van der Waals surface area contributed by atoms with Crippen LogP contribution in [-0.2, 0) is 16.0 Å². The molecule has 0 fully saturated rings. The van der Waals surface area contributed by atoms with E-state index in [-0.39, 0.29) is 30.5 Å². The summed E-state index contributed by atoms with van der Waals surface area (Å²) in [7, 11) is 1.36. The highest BCUT2D eigenvalue weighted by Crippen LogP contribution is 2.34. The number of rotatable bonds is 5. The van der Waals surface area contributed by atoms with Gasteiger partial charge in [-0.15, -0.1) is 11.3 Å². The average molecular weight is 434 g/mol. The number of hydrogen-bond donors (Lipinski definition) is 2. The van der Waals surface area contributed by atoms with Gasteiger partial charge in [-0.3, -0.25) is 10.2 Å². The van der Waals surface area contributed by atoms with Crippen molar-refractivity contribution >= 4 is 34.4 Å². The number of methoxy groups -OCH3 is 1. The van der Waals surface area contributed by atoms with Crippen LogP contribution < -0.4 is 4.90 Å². The molecule has 2 N–H and O–H groups in total. The van der Waals surface area contributed by atoms with Crippen molar-refractivity contribution in [3.8, 4) is 11.3 Å². The van der Waals surface area contributed by atoms with Gasteiger partial charge in [-0.25, -0.2) is 4.98 Å². The van der Waals surface area contributed by atoms with Crippen LogP contribution in [0.1, 0.15) is 21.7 Å². The maximum absolute atomic E-state index is 11.4. The second kappa shape index (κ2) is 8.35. The Morgan fingerprint density at radius 2 is 1.94 bits per heavy atom. The molecule has 0 aliphatic carbocycles. The number of nitrogens with one attached hydrogen (secondary N) is 1. The first-order valence-corrected chi connectivity index (χ1v) is 10.7. The highest BCUT2D eigenvalue weighted by atomic mass is 32.1. The molecule has 4 rings (SSSR count). The second-order valence-electron chi connectivity index (χ2n) is 7.51. The van der Waals surface area contributed by atoms with Crippen LogP contribution >= 0.6 is 11.3 Å². The molecule has 1 aromatic heterocycles. The highest BCUT2D eigenvalue weighted by Gasteiger charge is 2.31. The molecular formula is C24H23N3O3S. The Bertz CT molecular complexity index is 1200. The Kier molecular flexibility index (Phi) is 5.61. The summed E-state index contributed by atoms with van der Waals surface area (Å²) in [6.45, 7) is 4.36. The van der Waals surface area contributed by atoms with Gasteiger partial charge in [0.2, 0.25) is 0 Å². The number of benzene rings is 2. The predicted molar refractivity (Wildman–Crippen MR) is 124 cm³/mol. The fourth-order valence-electron chi connectivity index (χ4n) is 3.48. The molecule has 0 radical (unpaired) electrons. The minimum Gasteiger partial charge on any atom is -0.510 e. The van der Waals surface area contributed by atoms with E-state index >= 15 is 0 Å². The van der Waals surface area contributed by atoms with Gasteiger partial charge in [-0.05, 0) is 48.7 Å². The van der Waals surface area contributed by atoms with Crippen LogP contribution in [0.25, 0.3) is 16.8 Å². The molecule has 0 unspecified atom stereocenters. The summed E-state index contributed by atoms with van der Waals surface area (Å²) in [5.41, 5.74) is 6.34. The van der Waals surface area contributed by atoms with E-state index in [1.54, 1.807) is 4.90 Å². The van der Waals surface area contributed by atoms with E-state index in [4.69, 9.17) is 15.1 Å². The maximum atomic E-state index is 11.4. The Morgan fingerprint density at radius 3 is 2.61 bits per heavy atom. The van der Waals surface area contributed by atoms with Gasteiger partial charge < -0.3 is 14.7 Å². The molecule has 7 heteroatoms. The number of esters is 1. The zero-order chi connectivity index (χ0) is 22.1. The van der Waals surface area contributed by atoms with Crippen molar-refractivity contribution in [2.24, 2.45) is 0 Å². The third-order valence-corrected chi connectivity index (χ3v) is 6.31. The highest BCUT2D eigenvalue weighted by molar-refractivity contribution is 7.11. The lowest BCUT2D eigenvalue weighted by Crippen LogP contribution is -2.26. The largest absolute Gasteiger partial charge is 0.510 e. The van der Waals surface area contributed by atoms with Gasteiger partial charge in [0.05, 0.1) is 31.3 Å². The molecule has 0 atom stereocenters. The number of hydrogen-bond acceptors (Lipinski definition) is 6. The number of aliphatic hydroxyl groups is 1. The molecule has 0 spiro atoms. The van der Waals surface area contributed by atoms with Crippen molar-refractivity contribution in [1.29, 1.82) is 5.41 Å². The van der Waals surface area contributed by atoms with Crippen molar-refractivity contribution in [2.75, 3.05) is 18.6 Å². The zero-order valence-corrected chi connectivity index (χ0v) is 18.4. The van der Waals surface area contributed by atoms with Crippen LogP contribution in [0.3, 0.4) is 0 Å². The number of aryl methyl sites for hydroxylation is 2. The van der Waals surface area contributed by atoms with Crippen molar-refractivity contribution in [1.82, 2.24) is 4.98 Å². The van der Waals surface area contributed by atoms with Gasteiger partial charge >= 0.3 is 5.97 Å². The lowest BCUT2D eigenvalue weighted by atomic mass is 10.1. The number of aromatic nitrogens is 1. The third kappa shape index (κ3) is 4.09. The number of carbonyl (C=O) groups excluding carboxylic acids is 1. The zero-order valence-electron chi connectivity index (χ0n) is 17.6. The monoisotopic (exact) mass is 433 g/mol. The first-order chi connectivity index (χ1) is 14.9. The average Bonchev–Trinajstić information content (AvgIpc) is 3.34. The topological polar surface area (TPSA) is 86.5 Å². The van der Waals surface area contributed by atoms with E-state index < -0.39 is 0 Å². The molecule has 158 valence electrons. The smallest absolute Gasteiger partial charge is 0.309 e. The van der Waals surface area contributed by atoms with Crippen LogP contribution in [0, 0.1) is 19.3 Å². The first kappa shape index (κ1) is 20.8. The molecule has 1 aliphatic rings. The molecule has 0 saturated carbocycles. The molecule has 0 bridgehead atoms. The lowest BCUT2D eigenvalue weighted by Gasteiger charge is -2.18. The number of ether oxygens (including phenoxy) is 1. The molecule has 2 heterocycles. The number of nitrogens with zero attached hydrogens (tertiary/aromatic N) is 2. The number of carbonyl (C=O) groups is 1. The van der Waals surface area contributed by atoms with E-state index in [0.29, 0.717) is 10.6 Å². The van der Waals surface area contributed by atoms with Gasteiger partial charge in [-0.2, -0.15) is 0 Å². The SMILES string of the molecule is COC(=O)Cc1ccc(N2CC(O)=C(c3nc(-c4ccc(C)c(C)c4)cs3)C2=N)cc1. The summed E-state index contributed by atoms with van der Waals surface area (Å²) in [6.07, 6.45) is 0.198. The van der Waals surface area contributed by atoms with Gasteiger partial charge in [0.25, 0.3) is 0 Å². The van der Waals surface area contributed by atoms with Crippen LogP contribution in [0.2, 0.25) is 0 Å². The normalized spacial score (nSPS) is 13.8. The standard InChI is InChI=1S/C24H23N3O3S/c1-14-4-7-17(10-15(14)2)19-13-31-24(26-19)22-20(28)12-27(23(22)25)18-8-5-16(6-9-18)11-21(29)30-3/h4-10,13,25,28H,11-12H2,1-3H3. The van der Waals surface area contributed by atoms with Gasteiger partial charge in [0, 0.05) is 16.6 Å². The minimum atomic E-state index is -0.299. The number of anilines is 1. The fraction of sp³-hybridized carbons (Fsp3) is 0.208. The maximum Gasteiger partial charge on any atom is 0.309 e. The van der Waals surface area contributed by atoms with E-state index in [0.717, 1.165) is 22.5 Å².